The third-order valence-corrected chi connectivity index (χ3v) is 2.37. The minimum atomic E-state index is -0.565. The Labute approximate surface area is 74.8 Å². The maximum absolute atomic E-state index is 9.83. The van der Waals surface area contributed by atoms with Crippen molar-refractivity contribution >= 4 is 0 Å². The lowest BCUT2D eigenvalue weighted by atomic mass is 9.98. The second-order valence-corrected chi connectivity index (χ2v) is 3.66. The summed E-state index contributed by atoms with van der Waals surface area (Å²) in [6.07, 6.45) is 10.5. The van der Waals surface area contributed by atoms with Crippen molar-refractivity contribution < 1.29 is 5.11 Å². The van der Waals surface area contributed by atoms with E-state index in [1.54, 1.807) is 0 Å². The van der Waals surface area contributed by atoms with Gasteiger partial charge in [-0.15, -0.1) is 0 Å². The molecular weight excluding hydrogens is 148 g/mol. The van der Waals surface area contributed by atoms with Crippen LogP contribution in [0.4, 0.5) is 0 Å². The highest BCUT2D eigenvalue weighted by molar-refractivity contribution is 5.31. The highest BCUT2D eigenvalue weighted by Crippen LogP contribution is 2.30. The van der Waals surface area contributed by atoms with E-state index in [2.05, 4.69) is 25.2 Å². The Morgan fingerprint density at radius 3 is 2.92 bits per heavy atom. The first-order valence-corrected chi connectivity index (χ1v) is 4.76. The van der Waals surface area contributed by atoms with Crippen molar-refractivity contribution in [2.75, 3.05) is 0 Å². The second kappa shape index (κ2) is 3.90. The molecule has 1 N–H and O–H groups in total. The number of aliphatic hydroxyl groups is 1. The van der Waals surface area contributed by atoms with Crippen LogP contribution in [0.15, 0.2) is 23.8 Å². The Bertz CT molecular complexity index is 199. The van der Waals surface area contributed by atoms with Crippen molar-refractivity contribution in [2.45, 2.75) is 45.1 Å². The molecule has 1 nitrogen and oxygen atoms in total. The molecule has 0 amide bonds. The van der Waals surface area contributed by atoms with Gasteiger partial charge in [-0.05, 0) is 31.8 Å². The molecule has 1 unspecified atom stereocenters. The molecule has 0 bridgehead atoms. The van der Waals surface area contributed by atoms with Crippen molar-refractivity contribution in [1.82, 2.24) is 0 Å². The van der Waals surface area contributed by atoms with Gasteiger partial charge in [0.25, 0.3) is 0 Å². The molecule has 0 fully saturated rings. The molecule has 0 heterocycles. The molecule has 0 saturated heterocycles. The largest absolute Gasteiger partial charge is 0.385 e. The van der Waals surface area contributed by atoms with Gasteiger partial charge in [0.05, 0.1) is 5.60 Å². The SMILES string of the molecule is CCC/C=C/C1=CCCC1(C)O. The zero-order valence-corrected chi connectivity index (χ0v) is 8.01. The van der Waals surface area contributed by atoms with E-state index in [1.165, 1.54) is 6.42 Å². The van der Waals surface area contributed by atoms with Crippen molar-refractivity contribution in [2.24, 2.45) is 0 Å². The number of allylic oxidation sites excluding steroid dienone is 2. The fraction of sp³-hybridized carbons (Fsp3) is 0.636. The summed E-state index contributed by atoms with van der Waals surface area (Å²) in [5.41, 5.74) is 0.528. The van der Waals surface area contributed by atoms with E-state index in [0.29, 0.717) is 0 Å². The van der Waals surface area contributed by atoms with E-state index in [1.807, 2.05) is 6.92 Å². The lowest BCUT2D eigenvalue weighted by Crippen LogP contribution is -2.21. The van der Waals surface area contributed by atoms with E-state index in [0.717, 1.165) is 24.8 Å². The zero-order chi connectivity index (χ0) is 9.03. The quantitative estimate of drug-likeness (QED) is 0.683. The number of rotatable bonds is 3. The van der Waals surface area contributed by atoms with E-state index in [9.17, 15) is 5.11 Å². The van der Waals surface area contributed by atoms with Gasteiger partial charge in [0.1, 0.15) is 0 Å². The molecule has 0 aromatic carbocycles. The average Bonchev–Trinajstić information content (AvgIpc) is 2.32. The summed E-state index contributed by atoms with van der Waals surface area (Å²) < 4.78 is 0. The van der Waals surface area contributed by atoms with Crippen LogP contribution in [0.3, 0.4) is 0 Å². The third kappa shape index (κ3) is 2.21. The highest BCUT2D eigenvalue weighted by Gasteiger charge is 2.27. The Balaban J connectivity index is 2.52. The first kappa shape index (κ1) is 9.53. The van der Waals surface area contributed by atoms with Gasteiger partial charge < -0.3 is 5.11 Å². The van der Waals surface area contributed by atoms with Crippen molar-refractivity contribution in [1.29, 1.82) is 0 Å². The molecule has 68 valence electrons. The Hall–Kier alpha value is -0.560. The normalized spacial score (nSPS) is 29.8. The molecule has 0 radical (unpaired) electrons. The summed E-state index contributed by atoms with van der Waals surface area (Å²) in [4.78, 5) is 0. The fourth-order valence-corrected chi connectivity index (χ4v) is 1.50. The molecule has 0 aromatic rings. The topological polar surface area (TPSA) is 20.2 Å². The van der Waals surface area contributed by atoms with E-state index in [-0.39, 0.29) is 0 Å². The van der Waals surface area contributed by atoms with Crippen LogP contribution in [0, 0.1) is 0 Å². The van der Waals surface area contributed by atoms with Crippen LogP contribution in [0.5, 0.6) is 0 Å². The lowest BCUT2D eigenvalue weighted by molar-refractivity contribution is 0.103. The standard InChI is InChI=1S/C11H18O/c1-3-4-5-7-10-8-6-9-11(10,2)12/h5,7-8,12H,3-4,6,9H2,1-2H3/b7-5+. The summed E-state index contributed by atoms with van der Waals surface area (Å²) in [5.74, 6) is 0. The fourth-order valence-electron chi connectivity index (χ4n) is 1.50. The van der Waals surface area contributed by atoms with Crippen LogP contribution in [-0.2, 0) is 0 Å². The molecule has 12 heavy (non-hydrogen) atoms. The van der Waals surface area contributed by atoms with Crippen molar-refractivity contribution in [3.8, 4) is 0 Å². The molecule has 1 aliphatic carbocycles. The van der Waals surface area contributed by atoms with Crippen LogP contribution >= 0.6 is 0 Å². The maximum Gasteiger partial charge on any atom is 0.0868 e. The Morgan fingerprint density at radius 2 is 2.42 bits per heavy atom. The summed E-state index contributed by atoms with van der Waals surface area (Å²) >= 11 is 0. The van der Waals surface area contributed by atoms with Crippen molar-refractivity contribution in [3.63, 3.8) is 0 Å². The van der Waals surface area contributed by atoms with Gasteiger partial charge >= 0.3 is 0 Å². The molecule has 1 heteroatoms. The Kier molecular flexibility index (Phi) is 3.10. The maximum atomic E-state index is 9.83. The van der Waals surface area contributed by atoms with Crippen LogP contribution < -0.4 is 0 Å². The molecule has 1 rings (SSSR count). The van der Waals surface area contributed by atoms with Gasteiger partial charge in [0.2, 0.25) is 0 Å². The molecule has 0 saturated carbocycles. The molecule has 0 aliphatic heterocycles. The van der Waals surface area contributed by atoms with Gasteiger partial charge in [-0.3, -0.25) is 0 Å². The molecule has 1 atom stereocenters. The number of hydrogen-bond donors (Lipinski definition) is 1. The van der Waals surface area contributed by atoms with Crippen LogP contribution in [0.25, 0.3) is 0 Å². The minimum absolute atomic E-state index is 0.565. The van der Waals surface area contributed by atoms with Gasteiger partial charge in [-0.1, -0.05) is 31.6 Å². The second-order valence-electron chi connectivity index (χ2n) is 3.66. The smallest absolute Gasteiger partial charge is 0.0868 e. The highest BCUT2D eigenvalue weighted by atomic mass is 16.3. The van der Waals surface area contributed by atoms with Gasteiger partial charge in [-0.2, -0.15) is 0 Å². The number of unbranched alkanes of at least 4 members (excludes halogenated alkanes) is 1. The molecule has 0 aromatic heterocycles. The van der Waals surface area contributed by atoms with Gasteiger partial charge in [0.15, 0.2) is 0 Å². The van der Waals surface area contributed by atoms with Crippen LogP contribution in [-0.4, -0.2) is 10.7 Å². The monoisotopic (exact) mass is 166 g/mol. The van der Waals surface area contributed by atoms with Gasteiger partial charge in [0, 0.05) is 0 Å². The van der Waals surface area contributed by atoms with E-state index in [4.69, 9.17) is 0 Å². The summed E-state index contributed by atoms with van der Waals surface area (Å²) in [5, 5.41) is 9.83. The molecule has 0 spiro atoms. The first-order chi connectivity index (χ1) is 5.67. The lowest BCUT2D eigenvalue weighted by Gasteiger charge is -2.18. The summed E-state index contributed by atoms with van der Waals surface area (Å²) in [7, 11) is 0. The average molecular weight is 166 g/mol. The summed E-state index contributed by atoms with van der Waals surface area (Å²) in [6.45, 7) is 4.05. The van der Waals surface area contributed by atoms with Gasteiger partial charge in [-0.25, -0.2) is 0 Å². The first-order valence-electron chi connectivity index (χ1n) is 4.76. The molecular formula is C11H18O. The number of hydrogen-bond acceptors (Lipinski definition) is 1. The van der Waals surface area contributed by atoms with Crippen LogP contribution in [0.1, 0.15) is 39.5 Å². The van der Waals surface area contributed by atoms with Crippen molar-refractivity contribution in [3.05, 3.63) is 23.8 Å². The zero-order valence-electron chi connectivity index (χ0n) is 8.01. The Morgan fingerprint density at radius 1 is 1.67 bits per heavy atom. The third-order valence-electron chi connectivity index (χ3n) is 2.37. The summed E-state index contributed by atoms with van der Waals surface area (Å²) in [6, 6.07) is 0. The van der Waals surface area contributed by atoms with E-state index >= 15 is 0 Å². The molecule has 1 aliphatic rings. The minimum Gasteiger partial charge on any atom is -0.385 e. The van der Waals surface area contributed by atoms with E-state index < -0.39 is 5.60 Å². The predicted octanol–water partition coefficient (Wildman–Crippen LogP) is 2.81. The predicted molar refractivity (Wildman–Crippen MR) is 52.0 cm³/mol. The van der Waals surface area contributed by atoms with Crippen LogP contribution in [0.2, 0.25) is 0 Å².